The molecule has 0 aromatic carbocycles. The largest absolute Gasteiger partial charge is 0.343 e. The molecule has 3 nitrogen and oxygen atoms in total. The molecule has 1 atom stereocenters. The van der Waals surface area contributed by atoms with E-state index in [0.29, 0.717) is 13.0 Å². The molecule has 0 spiro atoms. The van der Waals surface area contributed by atoms with Crippen LogP contribution in [0.15, 0.2) is 0 Å². The van der Waals surface area contributed by atoms with E-state index in [1.165, 1.54) is 0 Å². The molecule has 0 aliphatic rings. The molecule has 0 heterocycles. The molecule has 0 N–H and O–H groups in total. The normalized spacial score (nSPS) is 13.1. The van der Waals surface area contributed by atoms with E-state index in [4.69, 9.17) is 9.79 Å². The van der Waals surface area contributed by atoms with Crippen LogP contribution in [0.5, 0.6) is 0 Å². The van der Waals surface area contributed by atoms with Crippen molar-refractivity contribution in [1.82, 2.24) is 4.67 Å². The van der Waals surface area contributed by atoms with Crippen molar-refractivity contribution in [3.8, 4) is 6.07 Å². The summed E-state index contributed by atoms with van der Waals surface area (Å²) in [6.07, 6.45) is 0.487. The predicted molar refractivity (Wildman–Crippen MR) is 42.7 cm³/mol. The third-order valence-electron chi connectivity index (χ3n) is 1.06. The molecule has 58 valence electrons. The highest BCUT2D eigenvalue weighted by Crippen LogP contribution is 2.33. The summed E-state index contributed by atoms with van der Waals surface area (Å²) < 4.78 is 7.33. The van der Waals surface area contributed by atoms with Gasteiger partial charge in [0.2, 0.25) is 0 Å². The molecule has 0 saturated carbocycles. The van der Waals surface area contributed by atoms with E-state index in [1.807, 2.05) is 31.5 Å². The first kappa shape index (κ1) is 9.84. The van der Waals surface area contributed by atoms with Crippen LogP contribution in [-0.2, 0) is 4.52 Å². The van der Waals surface area contributed by atoms with E-state index in [1.54, 1.807) is 0 Å². The van der Waals surface area contributed by atoms with E-state index in [9.17, 15) is 0 Å². The standard InChI is InChI=1S/C6H13N2OP/c1-8(2)10(3)9-6-4-5-7/h4,6H2,1-3H3. The van der Waals surface area contributed by atoms with Gasteiger partial charge in [-0.1, -0.05) is 0 Å². The molecule has 0 amide bonds. The maximum Gasteiger partial charge on any atom is 0.100 e. The van der Waals surface area contributed by atoms with Crippen LogP contribution in [0.2, 0.25) is 0 Å². The molecule has 0 bridgehead atoms. The Morgan fingerprint density at radius 3 is 2.60 bits per heavy atom. The van der Waals surface area contributed by atoms with Gasteiger partial charge in [0.25, 0.3) is 0 Å². The maximum atomic E-state index is 8.18. The second-order valence-corrected chi connectivity index (χ2v) is 4.04. The lowest BCUT2D eigenvalue weighted by Gasteiger charge is -2.18. The quantitative estimate of drug-likeness (QED) is 0.461. The SMILES string of the molecule is CN(C)P(C)OCCC#N. The van der Waals surface area contributed by atoms with Gasteiger partial charge in [-0.25, -0.2) is 0 Å². The molecule has 10 heavy (non-hydrogen) atoms. The van der Waals surface area contributed by atoms with Crippen molar-refractivity contribution in [2.75, 3.05) is 27.4 Å². The lowest BCUT2D eigenvalue weighted by Crippen LogP contribution is -2.05. The fourth-order valence-electron chi connectivity index (χ4n) is 0.339. The zero-order chi connectivity index (χ0) is 7.98. The highest BCUT2D eigenvalue weighted by molar-refractivity contribution is 7.49. The summed E-state index contributed by atoms with van der Waals surface area (Å²) in [4.78, 5) is 0. The zero-order valence-electron chi connectivity index (χ0n) is 6.66. The van der Waals surface area contributed by atoms with E-state index in [0.717, 1.165) is 0 Å². The number of nitrogens with zero attached hydrogens (tertiary/aromatic N) is 2. The third kappa shape index (κ3) is 4.69. The summed E-state index contributed by atoms with van der Waals surface area (Å²) in [7, 11) is 3.47. The van der Waals surface area contributed by atoms with E-state index >= 15 is 0 Å². The highest BCUT2D eigenvalue weighted by Gasteiger charge is 2.02. The zero-order valence-corrected chi connectivity index (χ0v) is 7.56. The number of nitriles is 1. The Labute approximate surface area is 63.5 Å². The van der Waals surface area contributed by atoms with Gasteiger partial charge >= 0.3 is 0 Å². The molecular weight excluding hydrogens is 147 g/mol. The molecule has 0 radical (unpaired) electrons. The van der Waals surface area contributed by atoms with Crippen LogP contribution in [0, 0.1) is 11.3 Å². The minimum Gasteiger partial charge on any atom is -0.343 e. The second kappa shape index (κ2) is 5.61. The highest BCUT2D eigenvalue weighted by atomic mass is 31.2. The van der Waals surface area contributed by atoms with Gasteiger partial charge in [0.1, 0.15) is 8.30 Å². The summed E-state index contributed by atoms with van der Waals surface area (Å²) in [5.41, 5.74) is 0. The summed E-state index contributed by atoms with van der Waals surface area (Å²) in [6, 6.07) is 2.03. The van der Waals surface area contributed by atoms with E-state index in [2.05, 4.69) is 0 Å². The van der Waals surface area contributed by atoms with Crippen molar-refractivity contribution in [3.05, 3.63) is 0 Å². The lowest BCUT2D eigenvalue weighted by atomic mass is 10.5. The Morgan fingerprint density at radius 2 is 2.20 bits per heavy atom. The van der Waals surface area contributed by atoms with Crippen molar-refractivity contribution in [3.63, 3.8) is 0 Å². The molecule has 0 aromatic heterocycles. The first-order chi connectivity index (χ1) is 4.68. The second-order valence-electron chi connectivity index (χ2n) is 2.05. The van der Waals surface area contributed by atoms with Crippen molar-refractivity contribution in [1.29, 1.82) is 5.26 Å². The number of hydrogen-bond donors (Lipinski definition) is 0. The molecule has 0 aliphatic carbocycles. The van der Waals surface area contributed by atoms with Gasteiger partial charge in [-0.05, 0) is 20.8 Å². The smallest absolute Gasteiger partial charge is 0.100 e. The minimum atomic E-state index is -0.469. The Bertz CT molecular complexity index is 121. The van der Waals surface area contributed by atoms with Crippen LogP contribution in [-0.4, -0.2) is 32.0 Å². The lowest BCUT2D eigenvalue weighted by molar-refractivity contribution is 0.339. The Kier molecular flexibility index (Phi) is 5.52. The van der Waals surface area contributed by atoms with Gasteiger partial charge in [-0.3, -0.25) is 4.67 Å². The van der Waals surface area contributed by atoms with Crippen molar-refractivity contribution in [2.45, 2.75) is 6.42 Å². The van der Waals surface area contributed by atoms with Gasteiger partial charge in [-0.2, -0.15) is 5.26 Å². The van der Waals surface area contributed by atoms with Gasteiger partial charge in [0, 0.05) is 0 Å². The molecule has 0 saturated heterocycles. The topological polar surface area (TPSA) is 36.3 Å². The Morgan fingerprint density at radius 1 is 1.60 bits per heavy atom. The molecule has 0 aromatic rings. The average Bonchev–Trinajstić information content (AvgIpc) is 1.88. The summed E-state index contributed by atoms with van der Waals surface area (Å²) in [5.74, 6) is 0. The summed E-state index contributed by atoms with van der Waals surface area (Å²) in [6.45, 7) is 2.57. The minimum absolute atomic E-state index is 0.469. The van der Waals surface area contributed by atoms with Crippen molar-refractivity contribution in [2.24, 2.45) is 0 Å². The fourth-order valence-corrected chi connectivity index (χ4v) is 0.925. The molecule has 0 rings (SSSR count). The first-order valence-corrected chi connectivity index (χ1v) is 4.75. The van der Waals surface area contributed by atoms with Gasteiger partial charge in [0.05, 0.1) is 19.1 Å². The monoisotopic (exact) mass is 160 g/mol. The van der Waals surface area contributed by atoms with Crippen molar-refractivity contribution < 1.29 is 4.52 Å². The number of hydrogen-bond acceptors (Lipinski definition) is 3. The van der Waals surface area contributed by atoms with Crippen molar-refractivity contribution >= 4 is 8.30 Å². The van der Waals surface area contributed by atoms with Gasteiger partial charge in [0.15, 0.2) is 0 Å². The third-order valence-corrected chi connectivity index (χ3v) is 2.74. The van der Waals surface area contributed by atoms with Crippen LogP contribution in [0.1, 0.15) is 6.42 Å². The van der Waals surface area contributed by atoms with E-state index < -0.39 is 8.30 Å². The molecule has 0 fully saturated rings. The summed E-state index contributed by atoms with van der Waals surface area (Å²) >= 11 is 0. The molecular formula is C6H13N2OP. The van der Waals surface area contributed by atoms with E-state index in [-0.39, 0.29) is 0 Å². The average molecular weight is 160 g/mol. The first-order valence-electron chi connectivity index (χ1n) is 3.09. The van der Waals surface area contributed by atoms with Crippen LogP contribution in [0.4, 0.5) is 0 Å². The molecule has 4 heteroatoms. The molecule has 1 unspecified atom stereocenters. The molecule has 0 aliphatic heterocycles. The van der Waals surface area contributed by atoms with Crippen LogP contribution < -0.4 is 0 Å². The van der Waals surface area contributed by atoms with Gasteiger partial charge in [-0.15, -0.1) is 0 Å². The van der Waals surface area contributed by atoms with Crippen LogP contribution in [0.3, 0.4) is 0 Å². The van der Waals surface area contributed by atoms with Gasteiger partial charge < -0.3 is 4.52 Å². The predicted octanol–water partition coefficient (Wildman–Crippen LogP) is 1.42. The fraction of sp³-hybridized carbons (Fsp3) is 0.833. The van der Waals surface area contributed by atoms with Crippen LogP contribution >= 0.6 is 8.30 Å². The van der Waals surface area contributed by atoms with Crippen LogP contribution in [0.25, 0.3) is 0 Å². The Hall–Kier alpha value is -0.160. The number of rotatable bonds is 4. The maximum absolute atomic E-state index is 8.18. The Balaban J connectivity index is 3.23. The summed E-state index contributed by atoms with van der Waals surface area (Å²) in [5, 5.41) is 8.18.